The molecule has 1 fully saturated rings. The summed E-state index contributed by atoms with van der Waals surface area (Å²) < 4.78 is 4.81. The maximum absolute atomic E-state index is 12.7. The van der Waals surface area contributed by atoms with E-state index in [2.05, 4.69) is 27.4 Å². The number of hydrogen-bond donors (Lipinski definition) is 1. The van der Waals surface area contributed by atoms with Gasteiger partial charge in [-0.15, -0.1) is 0 Å². The zero-order valence-corrected chi connectivity index (χ0v) is 13.7. The van der Waals surface area contributed by atoms with Crippen molar-refractivity contribution in [3.05, 3.63) is 47.4 Å². The lowest BCUT2D eigenvalue weighted by atomic mass is 10.1. The summed E-state index contributed by atoms with van der Waals surface area (Å²) in [6, 6.07) is 8.19. The molecule has 1 aromatic carbocycles. The number of para-hydroxylation sites is 1. The van der Waals surface area contributed by atoms with Crippen LogP contribution in [0.15, 0.2) is 35.1 Å². The molecule has 6 nitrogen and oxygen atoms in total. The monoisotopic (exact) mass is 324 g/mol. The number of carbonyl (C=O) groups is 1. The first-order valence-electron chi connectivity index (χ1n) is 8.37. The van der Waals surface area contributed by atoms with Gasteiger partial charge in [0, 0.05) is 30.1 Å². The van der Waals surface area contributed by atoms with Gasteiger partial charge in [-0.1, -0.05) is 28.5 Å². The first kappa shape index (κ1) is 14.9. The highest BCUT2D eigenvalue weighted by atomic mass is 16.6. The van der Waals surface area contributed by atoms with E-state index in [-0.39, 0.29) is 11.9 Å². The summed E-state index contributed by atoms with van der Waals surface area (Å²) in [6.45, 7) is 2.66. The Labute approximate surface area is 139 Å². The maximum atomic E-state index is 12.7. The van der Waals surface area contributed by atoms with Crippen molar-refractivity contribution in [3.63, 3.8) is 0 Å². The Morgan fingerprint density at radius 2 is 2.25 bits per heavy atom. The minimum atomic E-state index is 0.00622. The predicted molar refractivity (Wildman–Crippen MR) is 89.3 cm³/mol. The quantitative estimate of drug-likeness (QED) is 0.800. The maximum Gasteiger partial charge on any atom is 0.223 e. The fourth-order valence-electron chi connectivity index (χ4n) is 3.61. The van der Waals surface area contributed by atoms with Crippen molar-refractivity contribution in [2.24, 2.45) is 0 Å². The van der Waals surface area contributed by atoms with Crippen LogP contribution in [-0.2, 0) is 11.2 Å². The van der Waals surface area contributed by atoms with Gasteiger partial charge in [-0.05, 0) is 37.8 Å². The molecule has 0 aliphatic carbocycles. The highest BCUT2D eigenvalue weighted by molar-refractivity contribution is 5.84. The third kappa shape index (κ3) is 2.58. The van der Waals surface area contributed by atoms with E-state index in [1.165, 1.54) is 10.9 Å². The number of aryl methyl sites for hydroxylation is 2. The molecule has 0 spiro atoms. The van der Waals surface area contributed by atoms with Crippen LogP contribution in [-0.4, -0.2) is 32.6 Å². The van der Waals surface area contributed by atoms with Crippen LogP contribution >= 0.6 is 0 Å². The second-order valence-electron chi connectivity index (χ2n) is 6.34. The fourth-order valence-corrected chi connectivity index (χ4v) is 3.61. The van der Waals surface area contributed by atoms with Gasteiger partial charge >= 0.3 is 0 Å². The molecular formula is C18H20N4O2. The van der Waals surface area contributed by atoms with Crippen molar-refractivity contribution in [1.29, 1.82) is 0 Å². The third-order valence-corrected chi connectivity index (χ3v) is 4.86. The summed E-state index contributed by atoms with van der Waals surface area (Å²) >= 11 is 0. The van der Waals surface area contributed by atoms with Gasteiger partial charge in [-0.3, -0.25) is 4.79 Å². The van der Waals surface area contributed by atoms with Gasteiger partial charge < -0.3 is 9.88 Å². The summed E-state index contributed by atoms with van der Waals surface area (Å²) in [7, 11) is 0. The van der Waals surface area contributed by atoms with Crippen molar-refractivity contribution in [1.82, 2.24) is 20.2 Å². The smallest absolute Gasteiger partial charge is 0.223 e. The molecule has 0 saturated carbocycles. The number of aromatic amines is 1. The molecule has 124 valence electrons. The number of aromatic nitrogens is 3. The van der Waals surface area contributed by atoms with E-state index in [9.17, 15) is 4.79 Å². The first-order valence-corrected chi connectivity index (χ1v) is 8.37. The lowest BCUT2D eigenvalue weighted by Gasteiger charge is -2.23. The van der Waals surface area contributed by atoms with Gasteiger partial charge in [0.2, 0.25) is 5.91 Å². The van der Waals surface area contributed by atoms with Gasteiger partial charge in [0.05, 0.1) is 6.04 Å². The average Bonchev–Trinajstić information content (AvgIpc) is 3.31. The molecule has 24 heavy (non-hydrogen) atoms. The molecule has 1 aliphatic rings. The van der Waals surface area contributed by atoms with Crippen molar-refractivity contribution >= 4 is 16.8 Å². The number of benzene rings is 1. The van der Waals surface area contributed by atoms with Crippen LogP contribution in [0.2, 0.25) is 0 Å². The molecule has 1 atom stereocenters. The standard InChI is InChI=1S/C18H20N4O2/c1-12-18(21-24-20-12)16-7-4-10-22(16)17(23)9-8-13-11-19-15-6-3-2-5-14(13)15/h2-3,5-6,11,16,19H,4,7-10H2,1H3. The van der Waals surface area contributed by atoms with Gasteiger partial charge in [0.1, 0.15) is 11.4 Å². The molecule has 2 aromatic heterocycles. The third-order valence-electron chi connectivity index (χ3n) is 4.86. The Bertz CT molecular complexity index is 867. The summed E-state index contributed by atoms with van der Waals surface area (Å²) in [4.78, 5) is 17.9. The number of H-pyrrole nitrogens is 1. The van der Waals surface area contributed by atoms with Crippen LogP contribution in [0.4, 0.5) is 0 Å². The van der Waals surface area contributed by atoms with Gasteiger partial charge in [0.15, 0.2) is 0 Å². The number of amides is 1. The number of hydrogen-bond acceptors (Lipinski definition) is 4. The number of rotatable bonds is 4. The van der Waals surface area contributed by atoms with Crippen molar-refractivity contribution in [3.8, 4) is 0 Å². The van der Waals surface area contributed by atoms with E-state index >= 15 is 0 Å². The Balaban J connectivity index is 1.47. The molecule has 0 bridgehead atoms. The average molecular weight is 324 g/mol. The molecule has 1 saturated heterocycles. The molecular weight excluding hydrogens is 304 g/mol. The predicted octanol–water partition coefficient (Wildman–Crippen LogP) is 3.16. The fraction of sp³-hybridized carbons (Fsp3) is 0.389. The van der Waals surface area contributed by atoms with Crippen molar-refractivity contribution < 1.29 is 9.42 Å². The summed E-state index contributed by atoms with van der Waals surface area (Å²) in [5.74, 6) is 0.171. The Morgan fingerprint density at radius 1 is 1.38 bits per heavy atom. The zero-order valence-electron chi connectivity index (χ0n) is 13.7. The van der Waals surface area contributed by atoms with E-state index in [1.807, 2.05) is 30.2 Å². The zero-order chi connectivity index (χ0) is 16.5. The number of fused-ring (bicyclic) bond motifs is 1. The summed E-state index contributed by atoms with van der Waals surface area (Å²) in [6.07, 6.45) is 5.17. The number of likely N-dealkylation sites (tertiary alicyclic amines) is 1. The van der Waals surface area contributed by atoms with Crippen LogP contribution < -0.4 is 0 Å². The van der Waals surface area contributed by atoms with Crippen LogP contribution in [0.3, 0.4) is 0 Å². The Kier molecular flexibility index (Phi) is 3.80. The summed E-state index contributed by atoms with van der Waals surface area (Å²) in [5.41, 5.74) is 3.88. The van der Waals surface area contributed by atoms with E-state index in [0.717, 1.165) is 42.7 Å². The molecule has 1 unspecified atom stereocenters. The SMILES string of the molecule is Cc1nonc1C1CCCN1C(=O)CCc1c[nH]c2ccccc12. The lowest BCUT2D eigenvalue weighted by molar-refractivity contribution is -0.132. The molecule has 1 amide bonds. The van der Waals surface area contributed by atoms with Gasteiger partial charge in [-0.25, -0.2) is 4.63 Å². The molecule has 3 aromatic rings. The first-order chi connectivity index (χ1) is 11.7. The van der Waals surface area contributed by atoms with Crippen molar-refractivity contribution in [2.45, 2.75) is 38.6 Å². The Hall–Kier alpha value is -2.63. The molecule has 1 aliphatic heterocycles. The number of nitrogens with one attached hydrogen (secondary N) is 1. The molecule has 1 N–H and O–H groups in total. The van der Waals surface area contributed by atoms with Crippen LogP contribution in [0.1, 0.15) is 42.3 Å². The van der Waals surface area contributed by atoms with Crippen molar-refractivity contribution in [2.75, 3.05) is 6.54 Å². The molecule has 4 rings (SSSR count). The van der Waals surface area contributed by atoms with E-state index < -0.39 is 0 Å². The molecule has 6 heteroatoms. The van der Waals surface area contributed by atoms with Gasteiger partial charge in [0.25, 0.3) is 0 Å². The van der Waals surface area contributed by atoms with E-state index in [4.69, 9.17) is 4.63 Å². The highest BCUT2D eigenvalue weighted by Gasteiger charge is 2.33. The second kappa shape index (κ2) is 6.11. The highest BCUT2D eigenvalue weighted by Crippen LogP contribution is 2.32. The minimum Gasteiger partial charge on any atom is -0.361 e. The Morgan fingerprint density at radius 3 is 3.08 bits per heavy atom. The normalized spacial score (nSPS) is 17.7. The number of carbonyl (C=O) groups excluding carboxylic acids is 1. The number of nitrogens with zero attached hydrogens (tertiary/aromatic N) is 3. The van der Waals surface area contributed by atoms with Crippen LogP contribution in [0.25, 0.3) is 10.9 Å². The van der Waals surface area contributed by atoms with E-state index in [1.54, 1.807) is 0 Å². The largest absolute Gasteiger partial charge is 0.361 e. The molecule has 3 heterocycles. The minimum absolute atomic E-state index is 0.00622. The van der Waals surface area contributed by atoms with Gasteiger partial charge in [-0.2, -0.15) is 0 Å². The van der Waals surface area contributed by atoms with Crippen LogP contribution in [0.5, 0.6) is 0 Å². The lowest BCUT2D eigenvalue weighted by Crippen LogP contribution is -2.31. The summed E-state index contributed by atoms with van der Waals surface area (Å²) in [5, 5.41) is 9.04. The topological polar surface area (TPSA) is 75.0 Å². The van der Waals surface area contributed by atoms with E-state index in [0.29, 0.717) is 6.42 Å². The molecule has 0 radical (unpaired) electrons. The second-order valence-corrected chi connectivity index (χ2v) is 6.34. The van der Waals surface area contributed by atoms with Crippen LogP contribution in [0, 0.1) is 6.92 Å².